The number of nitrogens with one attached hydrogen (secondary N) is 1. The summed E-state index contributed by atoms with van der Waals surface area (Å²) in [6, 6.07) is 8.49. The number of nitrogens with zero attached hydrogens (tertiary/aromatic N) is 2. The summed E-state index contributed by atoms with van der Waals surface area (Å²) in [6.07, 6.45) is -0.129. The molecule has 1 aromatic rings. The molecule has 134 valence electrons. The number of ether oxygens (including phenoxy) is 1. The maximum Gasteiger partial charge on any atom is 0.325 e. The van der Waals surface area contributed by atoms with Gasteiger partial charge in [0.25, 0.3) is 5.91 Å². The minimum Gasteiger partial charge on any atom is -0.372 e. The lowest BCUT2D eigenvalue weighted by molar-refractivity contribution is -0.146. The average Bonchev–Trinajstić information content (AvgIpc) is 2.79. The van der Waals surface area contributed by atoms with Crippen LogP contribution in [0.25, 0.3) is 0 Å². The Labute approximate surface area is 146 Å². The number of carbonyl (C=O) groups is 3. The summed E-state index contributed by atoms with van der Waals surface area (Å²) >= 11 is 0. The molecule has 0 saturated carbocycles. The molecule has 25 heavy (non-hydrogen) atoms. The highest BCUT2D eigenvalue weighted by Crippen LogP contribution is 2.28. The van der Waals surface area contributed by atoms with Gasteiger partial charge in [0.1, 0.15) is 12.1 Å². The number of carbonyl (C=O) groups excluding carboxylic acids is 3. The summed E-state index contributed by atoms with van der Waals surface area (Å²) in [5.41, 5.74) is -0.457. The quantitative estimate of drug-likeness (QED) is 0.832. The lowest BCUT2D eigenvalue weighted by Crippen LogP contribution is -2.52. The van der Waals surface area contributed by atoms with Crippen molar-refractivity contribution < 1.29 is 19.1 Å². The predicted octanol–water partition coefficient (Wildman–Crippen LogP) is 1.09. The number of morpholine rings is 1. The number of hydrogen-bond acceptors (Lipinski definition) is 4. The Morgan fingerprint density at radius 1 is 1.20 bits per heavy atom. The van der Waals surface area contributed by atoms with Gasteiger partial charge < -0.3 is 15.0 Å². The summed E-state index contributed by atoms with van der Waals surface area (Å²) in [5, 5.41) is 2.71. The average molecular weight is 345 g/mol. The first kappa shape index (κ1) is 17.4. The molecule has 2 saturated heterocycles. The van der Waals surface area contributed by atoms with Crippen LogP contribution < -0.4 is 5.32 Å². The van der Waals surface area contributed by atoms with Crippen molar-refractivity contribution in [1.29, 1.82) is 0 Å². The second-order valence-electron chi connectivity index (χ2n) is 6.87. The molecule has 0 aliphatic carbocycles. The fraction of sp³-hybridized carbons (Fsp3) is 0.500. The third-order valence-corrected chi connectivity index (χ3v) is 4.69. The number of imide groups is 1. The molecule has 1 N–H and O–H groups in total. The Bertz CT molecular complexity index is 683. The van der Waals surface area contributed by atoms with E-state index in [1.54, 1.807) is 24.0 Å². The molecular formula is C18H23N3O4. The molecule has 0 spiro atoms. The van der Waals surface area contributed by atoms with Gasteiger partial charge >= 0.3 is 6.03 Å². The second-order valence-corrected chi connectivity index (χ2v) is 6.87. The van der Waals surface area contributed by atoms with E-state index in [9.17, 15) is 14.4 Å². The van der Waals surface area contributed by atoms with E-state index in [2.05, 4.69) is 5.32 Å². The van der Waals surface area contributed by atoms with E-state index in [1.807, 2.05) is 32.0 Å². The van der Waals surface area contributed by atoms with Crippen LogP contribution in [0.4, 0.5) is 4.79 Å². The number of benzene rings is 1. The number of amides is 4. The highest BCUT2D eigenvalue weighted by atomic mass is 16.5. The van der Waals surface area contributed by atoms with Crippen molar-refractivity contribution >= 4 is 17.8 Å². The molecule has 3 rings (SSSR count). The largest absolute Gasteiger partial charge is 0.372 e. The van der Waals surface area contributed by atoms with Crippen molar-refractivity contribution in [2.45, 2.75) is 38.5 Å². The molecule has 2 aliphatic heterocycles. The van der Waals surface area contributed by atoms with Crippen LogP contribution in [0.15, 0.2) is 30.3 Å². The maximum absolute atomic E-state index is 12.8. The molecule has 2 heterocycles. The molecular weight excluding hydrogens is 322 g/mol. The second kappa shape index (κ2) is 6.48. The van der Waals surface area contributed by atoms with Crippen molar-refractivity contribution in [1.82, 2.24) is 15.1 Å². The Morgan fingerprint density at radius 3 is 2.40 bits per heavy atom. The zero-order valence-corrected chi connectivity index (χ0v) is 14.7. The number of urea groups is 1. The van der Waals surface area contributed by atoms with Gasteiger partial charge in [-0.05, 0) is 26.3 Å². The fourth-order valence-electron chi connectivity index (χ4n) is 3.42. The number of rotatable bonds is 3. The Balaban J connectivity index is 1.74. The van der Waals surface area contributed by atoms with Gasteiger partial charge in [0, 0.05) is 13.1 Å². The molecule has 4 amide bonds. The van der Waals surface area contributed by atoms with Crippen LogP contribution in [0, 0.1) is 0 Å². The SMILES string of the molecule is C[C@@H]1CN(C(=O)CN2C(=O)N[C@](C)(c3ccccc3)C2=O)C[C@@H](C)O1. The first-order chi connectivity index (χ1) is 11.8. The summed E-state index contributed by atoms with van der Waals surface area (Å²) < 4.78 is 5.62. The van der Waals surface area contributed by atoms with Gasteiger partial charge in [0.2, 0.25) is 5.91 Å². The van der Waals surface area contributed by atoms with E-state index in [1.165, 1.54) is 0 Å². The van der Waals surface area contributed by atoms with E-state index in [0.717, 1.165) is 4.90 Å². The summed E-state index contributed by atoms with van der Waals surface area (Å²) in [6.45, 7) is 6.12. The Morgan fingerprint density at radius 2 is 1.80 bits per heavy atom. The monoisotopic (exact) mass is 345 g/mol. The maximum atomic E-state index is 12.8. The first-order valence-corrected chi connectivity index (χ1v) is 8.44. The lowest BCUT2D eigenvalue weighted by atomic mass is 9.92. The Kier molecular flexibility index (Phi) is 4.51. The van der Waals surface area contributed by atoms with Crippen molar-refractivity contribution in [2.75, 3.05) is 19.6 Å². The summed E-state index contributed by atoms with van der Waals surface area (Å²) in [7, 11) is 0. The highest BCUT2D eigenvalue weighted by molar-refractivity contribution is 6.09. The van der Waals surface area contributed by atoms with Crippen molar-refractivity contribution in [3.8, 4) is 0 Å². The van der Waals surface area contributed by atoms with Gasteiger partial charge in [0.05, 0.1) is 12.2 Å². The molecule has 0 aromatic heterocycles. The van der Waals surface area contributed by atoms with Crippen LogP contribution in [0.3, 0.4) is 0 Å². The van der Waals surface area contributed by atoms with Gasteiger partial charge in [-0.15, -0.1) is 0 Å². The molecule has 0 unspecified atom stereocenters. The topological polar surface area (TPSA) is 79.0 Å². The molecule has 0 bridgehead atoms. The van der Waals surface area contributed by atoms with Crippen LogP contribution in [-0.2, 0) is 19.9 Å². The molecule has 7 heteroatoms. The normalized spacial score (nSPS) is 29.7. The van der Waals surface area contributed by atoms with Crippen LogP contribution in [-0.4, -0.2) is 59.5 Å². The minimum absolute atomic E-state index is 0.0645. The molecule has 2 fully saturated rings. The fourth-order valence-corrected chi connectivity index (χ4v) is 3.42. The molecule has 7 nitrogen and oxygen atoms in total. The number of hydrogen-bond donors (Lipinski definition) is 1. The van der Waals surface area contributed by atoms with E-state index in [4.69, 9.17) is 4.74 Å². The highest BCUT2D eigenvalue weighted by Gasteiger charge is 2.49. The lowest BCUT2D eigenvalue weighted by Gasteiger charge is -2.35. The van der Waals surface area contributed by atoms with Crippen LogP contribution >= 0.6 is 0 Å². The van der Waals surface area contributed by atoms with Gasteiger partial charge in [-0.3, -0.25) is 14.5 Å². The Hall–Kier alpha value is -2.41. The zero-order chi connectivity index (χ0) is 18.2. The standard InChI is InChI=1S/C18H23N3O4/c1-12-9-20(10-13(2)25-12)15(22)11-21-16(23)18(3,19-17(21)24)14-7-5-4-6-8-14/h4-8,12-13H,9-11H2,1-3H3,(H,19,24)/t12-,13-,18-/m1/s1. The summed E-state index contributed by atoms with van der Waals surface area (Å²) in [5.74, 6) is -0.658. The van der Waals surface area contributed by atoms with Gasteiger partial charge in [-0.2, -0.15) is 0 Å². The van der Waals surface area contributed by atoms with Gasteiger partial charge in [-0.1, -0.05) is 30.3 Å². The minimum atomic E-state index is -1.15. The van der Waals surface area contributed by atoms with Crippen LogP contribution in [0.2, 0.25) is 0 Å². The van der Waals surface area contributed by atoms with Crippen molar-refractivity contribution in [3.63, 3.8) is 0 Å². The van der Waals surface area contributed by atoms with Crippen LogP contribution in [0.1, 0.15) is 26.3 Å². The van der Waals surface area contributed by atoms with Gasteiger partial charge in [0.15, 0.2) is 0 Å². The van der Waals surface area contributed by atoms with Gasteiger partial charge in [-0.25, -0.2) is 4.79 Å². The third-order valence-electron chi connectivity index (χ3n) is 4.69. The zero-order valence-electron chi connectivity index (χ0n) is 14.7. The van der Waals surface area contributed by atoms with Crippen molar-refractivity contribution in [2.24, 2.45) is 0 Å². The predicted molar refractivity (Wildman–Crippen MR) is 90.6 cm³/mol. The molecule has 1 aromatic carbocycles. The van der Waals surface area contributed by atoms with E-state index >= 15 is 0 Å². The summed E-state index contributed by atoms with van der Waals surface area (Å²) in [4.78, 5) is 40.4. The molecule has 3 atom stereocenters. The first-order valence-electron chi connectivity index (χ1n) is 8.44. The molecule has 2 aliphatic rings. The van der Waals surface area contributed by atoms with E-state index in [-0.39, 0.29) is 24.7 Å². The van der Waals surface area contributed by atoms with E-state index < -0.39 is 17.5 Å². The molecule has 0 radical (unpaired) electrons. The van der Waals surface area contributed by atoms with Crippen molar-refractivity contribution in [3.05, 3.63) is 35.9 Å². The smallest absolute Gasteiger partial charge is 0.325 e. The van der Waals surface area contributed by atoms with Crippen LogP contribution in [0.5, 0.6) is 0 Å². The van der Waals surface area contributed by atoms with E-state index in [0.29, 0.717) is 18.7 Å². The third kappa shape index (κ3) is 3.24.